The maximum Gasteiger partial charge on any atom is 0.332 e. The highest BCUT2D eigenvalue weighted by Crippen LogP contribution is 2.25. The van der Waals surface area contributed by atoms with Crippen molar-refractivity contribution in [2.75, 3.05) is 0 Å². The standard InChI is InChI=1S/C22H15ClN4O3/c1-25-19-17(21(29)26(2)22(25)30)18-15(11-12-10-13(23)8-9-16(12)24-18)20(28)27(19)14-6-4-3-5-7-14/h3-11H,1-2H3. The van der Waals surface area contributed by atoms with E-state index in [4.69, 9.17) is 11.6 Å². The highest BCUT2D eigenvalue weighted by molar-refractivity contribution is 6.31. The molecule has 0 saturated heterocycles. The van der Waals surface area contributed by atoms with Gasteiger partial charge in [-0.15, -0.1) is 0 Å². The molecule has 0 radical (unpaired) electrons. The summed E-state index contributed by atoms with van der Waals surface area (Å²) in [5.74, 6) is 0. The molecular weight excluding hydrogens is 404 g/mol. The third-order valence-corrected chi connectivity index (χ3v) is 5.54. The Kier molecular flexibility index (Phi) is 3.91. The molecular formula is C22H15ClN4O3. The Hall–Kier alpha value is -3.71. The number of aryl methyl sites for hydroxylation is 1. The average Bonchev–Trinajstić information content (AvgIpc) is 2.75. The zero-order chi connectivity index (χ0) is 21.2. The Morgan fingerprint density at radius 3 is 2.33 bits per heavy atom. The highest BCUT2D eigenvalue weighted by Gasteiger charge is 2.21. The van der Waals surface area contributed by atoms with Crippen molar-refractivity contribution >= 4 is 44.4 Å². The summed E-state index contributed by atoms with van der Waals surface area (Å²) in [5, 5.41) is 1.69. The van der Waals surface area contributed by atoms with Gasteiger partial charge in [0.25, 0.3) is 11.1 Å². The number of hydrogen-bond donors (Lipinski definition) is 0. The van der Waals surface area contributed by atoms with E-state index in [0.717, 1.165) is 4.57 Å². The fourth-order valence-corrected chi connectivity index (χ4v) is 4.02. The van der Waals surface area contributed by atoms with Crippen LogP contribution < -0.4 is 16.8 Å². The molecule has 0 saturated carbocycles. The molecule has 5 aromatic rings. The van der Waals surface area contributed by atoms with Gasteiger partial charge in [0.1, 0.15) is 11.0 Å². The van der Waals surface area contributed by atoms with Gasteiger partial charge in [0.05, 0.1) is 22.1 Å². The molecule has 3 heterocycles. The van der Waals surface area contributed by atoms with E-state index in [1.54, 1.807) is 48.5 Å². The second kappa shape index (κ2) is 6.40. The van der Waals surface area contributed by atoms with Gasteiger partial charge in [-0.25, -0.2) is 9.78 Å². The van der Waals surface area contributed by atoms with Crippen molar-refractivity contribution in [1.82, 2.24) is 18.7 Å². The van der Waals surface area contributed by atoms with Gasteiger partial charge >= 0.3 is 5.69 Å². The molecule has 5 rings (SSSR count). The molecule has 8 heteroatoms. The number of pyridine rings is 2. The van der Waals surface area contributed by atoms with Gasteiger partial charge in [0.2, 0.25) is 0 Å². The van der Waals surface area contributed by atoms with Crippen LogP contribution in [0.25, 0.3) is 38.5 Å². The Labute approximate surface area is 174 Å². The van der Waals surface area contributed by atoms with Gasteiger partial charge in [0, 0.05) is 24.5 Å². The molecule has 0 atom stereocenters. The minimum atomic E-state index is -0.525. The Morgan fingerprint density at radius 1 is 0.867 bits per heavy atom. The maximum atomic E-state index is 13.6. The first-order chi connectivity index (χ1) is 14.4. The van der Waals surface area contributed by atoms with E-state index in [1.165, 1.54) is 23.2 Å². The number of halogens is 1. The predicted molar refractivity (Wildman–Crippen MR) is 118 cm³/mol. The third kappa shape index (κ3) is 2.45. The summed E-state index contributed by atoms with van der Waals surface area (Å²) in [5.41, 5.74) is 0.194. The van der Waals surface area contributed by atoms with Crippen molar-refractivity contribution in [3.8, 4) is 5.69 Å². The van der Waals surface area contributed by atoms with E-state index >= 15 is 0 Å². The molecule has 148 valence electrons. The monoisotopic (exact) mass is 418 g/mol. The average molecular weight is 419 g/mol. The van der Waals surface area contributed by atoms with Crippen LogP contribution in [0.5, 0.6) is 0 Å². The summed E-state index contributed by atoms with van der Waals surface area (Å²) in [7, 11) is 2.95. The molecule has 3 aromatic heterocycles. The highest BCUT2D eigenvalue weighted by atomic mass is 35.5. The van der Waals surface area contributed by atoms with E-state index in [9.17, 15) is 14.4 Å². The van der Waals surface area contributed by atoms with Crippen molar-refractivity contribution in [1.29, 1.82) is 0 Å². The molecule has 2 aromatic carbocycles. The van der Waals surface area contributed by atoms with Gasteiger partial charge in [-0.05, 0) is 36.4 Å². The van der Waals surface area contributed by atoms with Crippen LogP contribution in [0.1, 0.15) is 0 Å². The molecule has 30 heavy (non-hydrogen) atoms. The molecule has 0 N–H and O–H groups in total. The maximum absolute atomic E-state index is 13.6. The smallest absolute Gasteiger partial charge is 0.281 e. The summed E-state index contributed by atoms with van der Waals surface area (Å²) < 4.78 is 3.71. The first-order valence-corrected chi connectivity index (χ1v) is 9.56. The number of hydrogen-bond acceptors (Lipinski definition) is 4. The number of aromatic nitrogens is 4. The lowest BCUT2D eigenvalue weighted by Crippen LogP contribution is -2.39. The molecule has 0 fully saturated rings. The van der Waals surface area contributed by atoms with Crippen LogP contribution >= 0.6 is 11.6 Å². The summed E-state index contributed by atoms with van der Waals surface area (Å²) in [6, 6.07) is 15.7. The molecule has 0 aliphatic carbocycles. The fourth-order valence-electron chi connectivity index (χ4n) is 3.84. The van der Waals surface area contributed by atoms with Gasteiger partial charge < -0.3 is 0 Å². The fraction of sp³-hybridized carbons (Fsp3) is 0.0909. The molecule has 0 amide bonds. The summed E-state index contributed by atoms with van der Waals surface area (Å²) in [6.07, 6.45) is 0. The van der Waals surface area contributed by atoms with Gasteiger partial charge in [0.15, 0.2) is 0 Å². The third-order valence-electron chi connectivity index (χ3n) is 5.31. The van der Waals surface area contributed by atoms with Crippen molar-refractivity contribution in [2.45, 2.75) is 0 Å². The van der Waals surface area contributed by atoms with Crippen molar-refractivity contribution in [3.63, 3.8) is 0 Å². The summed E-state index contributed by atoms with van der Waals surface area (Å²) in [4.78, 5) is 44.0. The van der Waals surface area contributed by atoms with Gasteiger partial charge in [-0.3, -0.25) is 23.3 Å². The van der Waals surface area contributed by atoms with Crippen LogP contribution in [0.2, 0.25) is 5.02 Å². The van der Waals surface area contributed by atoms with Crippen molar-refractivity contribution < 1.29 is 0 Å². The van der Waals surface area contributed by atoms with Crippen LogP contribution in [0.15, 0.2) is 69.0 Å². The van der Waals surface area contributed by atoms with E-state index in [0.29, 0.717) is 21.6 Å². The van der Waals surface area contributed by atoms with Crippen molar-refractivity contribution in [2.24, 2.45) is 14.1 Å². The molecule has 0 spiro atoms. The second-order valence-corrected chi connectivity index (χ2v) is 7.54. The summed E-state index contributed by atoms with van der Waals surface area (Å²) >= 11 is 6.11. The predicted octanol–water partition coefficient (Wildman–Crippen LogP) is 2.74. The second-order valence-electron chi connectivity index (χ2n) is 7.10. The lowest BCUT2D eigenvalue weighted by molar-refractivity contribution is 0.700. The van der Waals surface area contributed by atoms with E-state index in [-0.39, 0.29) is 27.5 Å². The van der Waals surface area contributed by atoms with E-state index in [1.807, 2.05) is 6.07 Å². The van der Waals surface area contributed by atoms with E-state index < -0.39 is 11.2 Å². The normalized spacial score (nSPS) is 11.6. The number of para-hydroxylation sites is 1. The first kappa shape index (κ1) is 18.3. The molecule has 0 unspecified atom stereocenters. The molecule has 7 nitrogen and oxygen atoms in total. The van der Waals surface area contributed by atoms with Gasteiger partial charge in [-0.2, -0.15) is 0 Å². The van der Waals surface area contributed by atoms with Crippen molar-refractivity contribution in [3.05, 3.63) is 90.8 Å². The minimum Gasteiger partial charge on any atom is -0.281 e. The zero-order valence-corrected chi connectivity index (χ0v) is 16.8. The molecule has 0 bridgehead atoms. The first-order valence-electron chi connectivity index (χ1n) is 9.18. The van der Waals surface area contributed by atoms with Crippen LogP contribution in [0.3, 0.4) is 0 Å². The lowest BCUT2D eigenvalue weighted by atomic mass is 10.1. The van der Waals surface area contributed by atoms with Gasteiger partial charge in [-0.1, -0.05) is 29.8 Å². The minimum absolute atomic E-state index is 0.201. The Balaban J connectivity index is 2.17. The van der Waals surface area contributed by atoms with E-state index in [2.05, 4.69) is 4.98 Å². The quantitative estimate of drug-likeness (QED) is 0.310. The SMILES string of the molecule is Cn1c(=O)c2c3nc4ccc(Cl)cc4cc3c(=O)n(-c3ccccc3)c2n(C)c1=O. The number of benzene rings is 2. The lowest BCUT2D eigenvalue weighted by Gasteiger charge is -2.16. The van der Waals surface area contributed by atoms with Crippen LogP contribution in [-0.4, -0.2) is 18.7 Å². The zero-order valence-electron chi connectivity index (χ0n) is 16.1. The summed E-state index contributed by atoms with van der Waals surface area (Å²) in [6.45, 7) is 0. The van der Waals surface area contributed by atoms with Crippen LogP contribution in [-0.2, 0) is 14.1 Å². The Morgan fingerprint density at radius 2 is 1.60 bits per heavy atom. The topological polar surface area (TPSA) is 78.9 Å². The molecule has 0 aliphatic rings. The largest absolute Gasteiger partial charge is 0.332 e. The molecule has 0 aliphatic heterocycles. The number of rotatable bonds is 1. The number of fused-ring (bicyclic) bond motifs is 4. The Bertz CT molecular complexity index is 1680. The van der Waals surface area contributed by atoms with Crippen LogP contribution in [0.4, 0.5) is 0 Å². The van der Waals surface area contributed by atoms with Crippen LogP contribution in [0, 0.1) is 0 Å². The number of nitrogens with zero attached hydrogens (tertiary/aromatic N) is 4.